The zero-order chi connectivity index (χ0) is 21.6. The fourth-order valence-electron chi connectivity index (χ4n) is 4.55. The Morgan fingerprint density at radius 1 is 1.29 bits per heavy atom. The van der Waals surface area contributed by atoms with Crippen molar-refractivity contribution in [2.75, 3.05) is 19.8 Å². The van der Waals surface area contributed by atoms with Crippen molar-refractivity contribution in [3.8, 4) is 5.69 Å². The molecule has 0 spiro atoms. The molecule has 3 aliphatic rings. The SMILES string of the molecule is CCC1(c2cn(-c3ccc4c(c3)CN(C3CCC(=O)NC3=O)C4=O)nn2)COCCN1. The molecule has 0 bridgehead atoms. The number of nitrogens with one attached hydrogen (secondary N) is 2. The second-order valence-corrected chi connectivity index (χ2v) is 8.20. The van der Waals surface area contributed by atoms with E-state index in [4.69, 9.17) is 4.74 Å². The van der Waals surface area contributed by atoms with Crippen molar-refractivity contribution in [3.05, 3.63) is 41.2 Å². The number of carbonyl (C=O) groups is 3. The molecule has 0 radical (unpaired) electrons. The van der Waals surface area contributed by atoms with Gasteiger partial charge in [-0.25, -0.2) is 4.68 Å². The molecule has 31 heavy (non-hydrogen) atoms. The summed E-state index contributed by atoms with van der Waals surface area (Å²) in [7, 11) is 0. The summed E-state index contributed by atoms with van der Waals surface area (Å²) in [6.07, 6.45) is 3.30. The van der Waals surface area contributed by atoms with Gasteiger partial charge in [-0.15, -0.1) is 5.10 Å². The molecule has 0 aliphatic carbocycles. The lowest BCUT2D eigenvalue weighted by Gasteiger charge is -2.35. The fourth-order valence-corrected chi connectivity index (χ4v) is 4.55. The van der Waals surface area contributed by atoms with Crippen molar-refractivity contribution >= 4 is 17.7 Å². The van der Waals surface area contributed by atoms with Crippen LogP contribution in [0.2, 0.25) is 0 Å². The minimum absolute atomic E-state index is 0.191. The van der Waals surface area contributed by atoms with Crippen LogP contribution in [0.15, 0.2) is 24.4 Å². The Kier molecular flexibility index (Phi) is 4.82. The number of hydrogen-bond donors (Lipinski definition) is 2. The van der Waals surface area contributed by atoms with E-state index in [2.05, 4.69) is 27.9 Å². The zero-order valence-electron chi connectivity index (χ0n) is 17.3. The molecule has 2 saturated heterocycles. The highest BCUT2D eigenvalue weighted by atomic mass is 16.5. The first-order valence-electron chi connectivity index (χ1n) is 10.5. The van der Waals surface area contributed by atoms with Crippen molar-refractivity contribution in [1.29, 1.82) is 0 Å². The number of piperidine rings is 1. The fraction of sp³-hybridized carbons (Fsp3) is 0.476. The number of imide groups is 1. The molecule has 3 amide bonds. The smallest absolute Gasteiger partial charge is 0.255 e. The van der Waals surface area contributed by atoms with Crippen LogP contribution >= 0.6 is 0 Å². The van der Waals surface area contributed by atoms with Gasteiger partial charge in [0, 0.05) is 25.1 Å². The summed E-state index contributed by atoms with van der Waals surface area (Å²) in [4.78, 5) is 38.1. The van der Waals surface area contributed by atoms with Gasteiger partial charge in [-0.05, 0) is 36.6 Å². The number of fused-ring (bicyclic) bond motifs is 1. The molecule has 0 saturated carbocycles. The Morgan fingerprint density at radius 3 is 2.90 bits per heavy atom. The number of ether oxygens (including phenoxy) is 1. The highest BCUT2D eigenvalue weighted by Crippen LogP contribution is 2.30. The number of nitrogens with zero attached hydrogens (tertiary/aromatic N) is 4. The van der Waals surface area contributed by atoms with Gasteiger partial charge < -0.3 is 15.0 Å². The van der Waals surface area contributed by atoms with E-state index >= 15 is 0 Å². The highest BCUT2D eigenvalue weighted by Gasteiger charge is 2.39. The molecule has 5 rings (SSSR count). The predicted octanol–water partition coefficient (Wildman–Crippen LogP) is 0.253. The summed E-state index contributed by atoms with van der Waals surface area (Å²) in [6.45, 7) is 4.40. The molecule has 2 unspecified atom stereocenters. The Morgan fingerprint density at radius 2 is 2.16 bits per heavy atom. The third-order valence-electron chi connectivity index (χ3n) is 6.42. The second-order valence-electron chi connectivity index (χ2n) is 8.20. The molecule has 2 fully saturated rings. The Bertz CT molecular complexity index is 1060. The lowest BCUT2D eigenvalue weighted by Crippen LogP contribution is -2.52. The number of carbonyl (C=O) groups excluding carboxylic acids is 3. The number of morpholine rings is 1. The van der Waals surface area contributed by atoms with Gasteiger partial charge >= 0.3 is 0 Å². The average molecular weight is 424 g/mol. The van der Waals surface area contributed by atoms with Gasteiger partial charge in [-0.3, -0.25) is 19.7 Å². The van der Waals surface area contributed by atoms with E-state index in [1.54, 1.807) is 15.6 Å². The van der Waals surface area contributed by atoms with Crippen molar-refractivity contribution in [2.24, 2.45) is 0 Å². The lowest BCUT2D eigenvalue weighted by molar-refractivity contribution is -0.136. The molecule has 2 aromatic rings. The molecular formula is C21H24N6O4. The first-order valence-corrected chi connectivity index (χ1v) is 10.5. The summed E-state index contributed by atoms with van der Waals surface area (Å²) < 4.78 is 7.36. The normalized spacial score (nSPS) is 26.2. The Hall–Kier alpha value is -3.11. The molecule has 10 nitrogen and oxygen atoms in total. The molecule has 10 heteroatoms. The first kappa shape index (κ1) is 19.8. The summed E-state index contributed by atoms with van der Waals surface area (Å²) in [5.41, 5.74) is 2.65. The first-order chi connectivity index (χ1) is 15.0. The maximum absolute atomic E-state index is 12.9. The van der Waals surface area contributed by atoms with Gasteiger partial charge in [0.2, 0.25) is 11.8 Å². The molecule has 162 valence electrons. The van der Waals surface area contributed by atoms with Crippen molar-refractivity contribution in [2.45, 2.75) is 44.3 Å². The number of benzene rings is 1. The van der Waals surface area contributed by atoms with Crippen LogP contribution in [0.4, 0.5) is 0 Å². The molecule has 1 aromatic carbocycles. The van der Waals surface area contributed by atoms with Gasteiger partial charge in [-0.1, -0.05) is 12.1 Å². The third-order valence-corrected chi connectivity index (χ3v) is 6.42. The lowest BCUT2D eigenvalue weighted by atomic mass is 9.92. The van der Waals surface area contributed by atoms with Gasteiger partial charge in [0.05, 0.1) is 30.6 Å². The summed E-state index contributed by atoms with van der Waals surface area (Å²) in [6, 6.07) is 4.87. The van der Waals surface area contributed by atoms with Crippen LogP contribution in [0.3, 0.4) is 0 Å². The molecule has 3 aliphatic heterocycles. The largest absolute Gasteiger partial charge is 0.378 e. The quantitative estimate of drug-likeness (QED) is 0.676. The average Bonchev–Trinajstić information content (AvgIpc) is 3.40. The maximum Gasteiger partial charge on any atom is 0.255 e. The van der Waals surface area contributed by atoms with Crippen LogP contribution in [0.5, 0.6) is 0 Å². The van der Waals surface area contributed by atoms with Gasteiger partial charge in [0.25, 0.3) is 5.91 Å². The summed E-state index contributed by atoms with van der Waals surface area (Å²) >= 11 is 0. The zero-order valence-corrected chi connectivity index (χ0v) is 17.3. The van der Waals surface area contributed by atoms with Crippen LogP contribution in [0.25, 0.3) is 5.69 Å². The van der Waals surface area contributed by atoms with Crippen LogP contribution in [-0.2, 0) is 26.4 Å². The predicted molar refractivity (Wildman–Crippen MR) is 108 cm³/mol. The van der Waals surface area contributed by atoms with Crippen molar-refractivity contribution in [1.82, 2.24) is 30.5 Å². The van der Waals surface area contributed by atoms with Gasteiger partial charge in [0.15, 0.2) is 0 Å². The van der Waals surface area contributed by atoms with E-state index in [0.29, 0.717) is 31.7 Å². The second kappa shape index (κ2) is 7.54. The van der Waals surface area contributed by atoms with Crippen LogP contribution < -0.4 is 10.6 Å². The van der Waals surface area contributed by atoms with E-state index < -0.39 is 11.9 Å². The van der Waals surface area contributed by atoms with E-state index in [1.165, 1.54) is 0 Å². The van der Waals surface area contributed by atoms with E-state index in [1.807, 2.05) is 18.3 Å². The monoisotopic (exact) mass is 424 g/mol. The number of aromatic nitrogens is 3. The minimum atomic E-state index is -0.624. The molecule has 2 N–H and O–H groups in total. The standard InChI is InChI=1S/C21H24N6O4/c1-2-21(12-31-8-7-22-21)17-11-27(25-24-17)14-3-4-15-13(9-14)10-26(20(15)30)16-5-6-18(28)23-19(16)29/h3-4,9,11,16,22H,2,5-8,10,12H2,1H3,(H,23,28,29). The van der Waals surface area contributed by atoms with Crippen LogP contribution in [0, 0.1) is 0 Å². The minimum Gasteiger partial charge on any atom is -0.378 e. The number of rotatable bonds is 4. The Labute approximate surface area is 178 Å². The molecule has 4 heterocycles. The molecule has 1 aromatic heterocycles. The van der Waals surface area contributed by atoms with Crippen molar-refractivity contribution in [3.63, 3.8) is 0 Å². The maximum atomic E-state index is 12.9. The van der Waals surface area contributed by atoms with E-state index in [0.717, 1.165) is 29.9 Å². The summed E-state index contributed by atoms with van der Waals surface area (Å²) in [5.74, 6) is -0.896. The van der Waals surface area contributed by atoms with Gasteiger partial charge in [-0.2, -0.15) is 0 Å². The van der Waals surface area contributed by atoms with Crippen LogP contribution in [-0.4, -0.2) is 63.4 Å². The molecular weight excluding hydrogens is 400 g/mol. The van der Waals surface area contributed by atoms with Crippen LogP contribution in [0.1, 0.15) is 47.8 Å². The summed E-state index contributed by atoms with van der Waals surface area (Å²) in [5, 5.41) is 14.5. The number of amides is 3. The highest BCUT2D eigenvalue weighted by molar-refractivity contribution is 6.05. The van der Waals surface area contributed by atoms with Crippen molar-refractivity contribution < 1.29 is 19.1 Å². The van der Waals surface area contributed by atoms with Gasteiger partial charge in [0.1, 0.15) is 11.7 Å². The number of hydrogen-bond acceptors (Lipinski definition) is 7. The van der Waals surface area contributed by atoms with E-state index in [-0.39, 0.29) is 23.8 Å². The molecule has 2 atom stereocenters. The topological polar surface area (TPSA) is 118 Å². The van der Waals surface area contributed by atoms with E-state index in [9.17, 15) is 14.4 Å². The Balaban J connectivity index is 1.39. The third kappa shape index (κ3) is 3.31.